The lowest BCUT2D eigenvalue weighted by Gasteiger charge is -2.12. The number of aryl methyl sites for hydroxylation is 1. The lowest BCUT2D eigenvalue weighted by atomic mass is 9.92. The van der Waals surface area contributed by atoms with Crippen LogP contribution in [0.2, 0.25) is 0 Å². The second kappa shape index (κ2) is 4.58. The smallest absolute Gasteiger partial charge is 0.0329 e. The van der Waals surface area contributed by atoms with Crippen molar-refractivity contribution in [2.45, 2.75) is 25.3 Å². The molecule has 0 saturated carbocycles. The first kappa shape index (κ1) is 11.5. The summed E-state index contributed by atoms with van der Waals surface area (Å²) in [6.45, 7) is 2.14. The van der Waals surface area contributed by atoms with Gasteiger partial charge in [-0.15, -0.1) is 0 Å². The highest BCUT2D eigenvalue weighted by Crippen LogP contribution is 2.43. The zero-order valence-corrected chi connectivity index (χ0v) is 11.0. The molecule has 0 spiro atoms. The van der Waals surface area contributed by atoms with E-state index in [4.69, 9.17) is 0 Å². The lowest BCUT2D eigenvalue weighted by molar-refractivity contribution is 0.564. The second-order valence-electron chi connectivity index (χ2n) is 5.17. The fraction of sp³-hybridized carbons (Fsp3) is 0.294. The summed E-state index contributed by atoms with van der Waals surface area (Å²) >= 11 is 0. The van der Waals surface area contributed by atoms with E-state index in [-0.39, 0.29) is 0 Å². The predicted molar refractivity (Wildman–Crippen MR) is 75.9 cm³/mol. The number of hydrogen-bond donors (Lipinski definition) is 1. The quantitative estimate of drug-likeness (QED) is 0.838. The van der Waals surface area contributed by atoms with Crippen LogP contribution in [-0.2, 0) is 0 Å². The van der Waals surface area contributed by atoms with Gasteiger partial charge in [0.05, 0.1) is 0 Å². The van der Waals surface area contributed by atoms with E-state index in [1.807, 2.05) is 0 Å². The van der Waals surface area contributed by atoms with Crippen molar-refractivity contribution in [1.82, 2.24) is 5.32 Å². The molecule has 92 valence electrons. The summed E-state index contributed by atoms with van der Waals surface area (Å²) < 4.78 is 0. The number of fused-ring (bicyclic) bond motifs is 1. The van der Waals surface area contributed by atoms with E-state index >= 15 is 0 Å². The molecular weight excluding hydrogens is 218 g/mol. The van der Waals surface area contributed by atoms with Crippen LogP contribution in [0.25, 0.3) is 0 Å². The molecule has 0 unspecified atom stereocenters. The van der Waals surface area contributed by atoms with Crippen molar-refractivity contribution in [1.29, 1.82) is 0 Å². The molecule has 0 amide bonds. The molecule has 0 fully saturated rings. The minimum absolute atomic E-state index is 0.493. The van der Waals surface area contributed by atoms with Gasteiger partial charge >= 0.3 is 0 Å². The third-order valence-corrected chi connectivity index (χ3v) is 4.05. The van der Waals surface area contributed by atoms with Crippen LogP contribution in [-0.4, -0.2) is 7.05 Å². The van der Waals surface area contributed by atoms with Crippen LogP contribution in [0.4, 0.5) is 0 Å². The molecule has 2 atom stereocenters. The van der Waals surface area contributed by atoms with Crippen molar-refractivity contribution in [2.24, 2.45) is 0 Å². The van der Waals surface area contributed by atoms with Gasteiger partial charge in [-0.3, -0.25) is 0 Å². The molecule has 1 N–H and O–H groups in total. The highest BCUT2D eigenvalue weighted by atomic mass is 14.9. The van der Waals surface area contributed by atoms with Crippen molar-refractivity contribution < 1.29 is 0 Å². The highest BCUT2D eigenvalue weighted by molar-refractivity contribution is 5.44. The Hall–Kier alpha value is -1.60. The summed E-state index contributed by atoms with van der Waals surface area (Å²) in [5, 5.41) is 3.43. The summed E-state index contributed by atoms with van der Waals surface area (Å²) in [4.78, 5) is 0. The molecule has 1 aliphatic carbocycles. The van der Waals surface area contributed by atoms with Gasteiger partial charge in [0, 0.05) is 12.0 Å². The first-order valence-electron chi connectivity index (χ1n) is 6.62. The average molecular weight is 237 g/mol. The van der Waals surface area contributed by atoms with Crippen LogP contribution in [0.15, 0.2) is 48.5 Å². The fourth-order valence-corrected chi connectivity index (χ4v) is 3.02. The molecule has 1 heteroatoms. The zero-order chi connectivity index (χ0) is 12.5. The van der Waals surface area contributed by atoms with Crippen molar-refractivity contribution in [2.75, 3.05) is 7.05 Å². The van der Waals surface area contributed by atoms with Crippen LogP contribution in [0.5, 0.6) is 0 Å². The number of hydrogen-bond acceptors (Lipinski definition) is 1. The molecule has 18 heavy (non-hydrogen) atoms. The van der Waals surface area contributed by atoms with Crippen LogP contribution < -0.4 is 5.32 Å². The van der Waals surface area contributed by atoms with E-state index in [1.165, 1.54) is 28.7 Å². The van der Waals surface area contributed by atoms with E-state index in [0.29, 0.717) is 12.0 Å². The van der Waals surface area contributed by atoms with Gasteiger partial charge in [-0.2, -0.15) is 0 Å². The molecule has 0 radical (unpaired) electrons. The standard InChI is InChI=1S/C17H19N/c1-12-7-9-13(10-8-12)16-11-17(18-2)15-6-4-3-5-14(15)16/h3-10,16-18H,11H2,1-2H3/t16-,17+/m0/s1. The molecule has 1 aliphatic rings. The summed E-state index contributed by atoms with van der Waals surface area (Å²) in [5.74, 6) is 0.541. The summed E-state index contributed by atoms with van der Waals surface area (Å²) in [6.07, 6.45) is 1.17. The fourth-order valence-electron chi connectivity index (χ4n) is 3.02. The topological polar surface area (TPSA) is 12.0 Å². The van der Waals surface area contributed by atoms with E-state index in [9.17, 15) is 0 Å². The summed E-state index contributed by atoms with van der Waals surface area (Å²) in [5.41, 5.74) is 5.72. The Labute approximate surface area is 109 Å². The van der Waals surface area contributed by atoms with Crippen molar-refractivity contribution in [3.63, 3.8) is 0 Å². The Morgan fingerprint density at radius 2 is 1.61 bits per heavy atom. The molecule has 2 aromatic carbocycles. The van der Waals surface area contributed by atoms with Crippen molar-refractivity contribution in [3.8, 4) is 0 Å². The van der Waals surface area contributed by atoms with E-state index in [2.05, 4.69) is 67.8 Å². The molecule has 0 saturated heterocycles. The molecular formula is C17H19N. The van der Waals surface area contributed by atoms with Crippen molar-refractivity contribution in [3.05, 3.63) is 70.8 Å². The van der Waals surface area contributed by atoms with E-state index in [0.717, 1.165) is 0 Å². The van der Waals surface area contributed by atoms with Crippen molar-refractivity contribution >= 4 is 0 Å². The van der Waals surface area contributed by atoms with Gasteiger partial charge in [0.2, 0.25) is 0 Å². The molecule has 2 aromatic rings. The number of nitrogens with one attached hydrogen (secondary N) is 1. The highest BCUT2D eigenvalue weighted by Gasteiger charge is 2.30. The van der Waals surface area contributed by atoms with E-state index < -0.39 is 0 Å². The summed E-state index contributed by atoms with van der Waals surface area (Å²) in [6, 6.07) is 18.3. The minimum Gasteiger partial charge on any atom is -0.313 e. The monoisotopic (exact) mass is 237 g/mol. The van der Waals surface area contributed by atoms with Gasteiger partial charge in [0.1, 0.15) is 0 Å². The van der Waals surface area contributed by atoms with Crippen LogP contribution in [0, 0.1) is 6.92 Å². The van der Waals surface area contributed by atoms with Crippen LogP contribution in [0.3, 0.4) is 0 Å². The Bertz CT molecular complexity index is 542. The predicted octanol–water partition coefficient (Wildman–Crippen LogP) is 3.79. The van der Waals surface area contributed by atoms with Crippen LogP contribution in [0.1, 0.15) is 40.6 Å². The van der Waals surface area contributed by atoms with Gasteiger partial charge in [0.15, 0.2) is 0 Å². The van der Waals surface area contributed by atoms with E-state index in [1.54, 1.807) is 0 Å². The Balaban J connectivity index is 2.02. The Morgan fingerprint density at radius 3 is 2.28 bits per heavy atom. The maximum absolute atomic E-state index is 3.43. The molecule has 0 bridgehead atoms. The molecule has 0 aliphatic heterocycles. The SMILES string of the molecule is CN[C@@H]1C[C@@H](c2ccc(C)cc2)c2ccccc21. The van der Waals surface area contributed by atoms with Crippen LogP contribution >= 0.6 is 0 Å². The zero-order valence-electron chi connectivity index (χ0n) is 11.0. The average Bonchev–Trinajstić information content (AvgIpc) is 2.79. The Morgan fingerprint density at radius 1 is 0.944 bits per heavy atom. The van der Waals surface area contributed by atoms with Gasteiger partial charge in [-0.1, -0.05) is 54.1 Å². The maximum atomic E-state index is 3.43. The normalized spacial score (nSPS) is 21.9. The molecule has 3 rings (SSSR count). The molecule has 1 nitrogen and oxygen atoms in total. The van der Waals surface area contributed by atoms with Gasteiger partial charge < -0.3 is 5.32 Å². The first-order valence-corrected chi connectivity index (χ1v) is 6.62. The third kappa shape index (κ3) is 1.85. The second-order valence-corrected chi connectivity index (χ2v) is 5.17. The largest absolute Gasteiger partial charge is 0.313 e. The molecule has 0 heterocycles. The molecule has 0 aromatic heterocycles. The van der Waals surface area contributed by atoms with Gasteiger partial charge in [-0.05, 0) is 37.1 Å². The lowest BCUT2D eigenvalue weighted by Crippen LogP contribution is -2.13. The Kier molecular flexibility index (Phi) is 2.92. The van der Waals surface area contributed by atoms with Gasteiger partial charge in [-0.25, -0.2) is 0 Å². The van der Waals surface area contributed by atoms with Gasteiger partial charge in [0.25, 0.3) is 0 Å². The summed E-state index contributed by atoms with van der Waals surface area (Å²) in [7, 11) is 2.05. The number of rotatable bonds is 2. The number of benzene rings is 2. The third-order valence-electron chi connectivity index (χ3n) is 4.05. The minimum atomic E-state index is 0.493. The first-order chi connectivity index (χ1) is 8.79. The maximum Gasteiger partial charge on any atom is 0.0329 e.